The summed E-state index contributed by atoms with van der Waals surface area (Å²) in [6.07, 6.45) is 0. The Morgan fingerprint density at radius 1 is 0.812 bits per heavy atom. The summed E-state index contributed by atoms with van der Waals surface area (Å²) in [5.41, 5.74) is 2.33. The zero-order chi connectivity index (χ0) is 11.4. The van der Waals surface area contributed by atoms with E-state index in [1.807, 2.05) is 36.4 Å². The first kappa shape index (κ1) is 11.1. The molecular weight excluding hydrogens is 214 g/mol. The van der Waals surface area contributed by atoms with Crippen molar-refractivity contribution < 1.29 is 0 Å². The number of para-hydroxylation sites is 2. The molecule has 0 heterocycles. The van der Waals surface area contributed by atoms with Gasteiger partial charge < -0.3 is 4.90 Å². The average molecular weight is 229 g/mol. The standard InChI is InChI=1S/C14H15NS/c1-12(16)15(13-8-4-2-5-9-13)14-10-6-3-7-11-14/h2-12,16H,1H3. The van der Waals surface area contributed by atoms with E-state index < -0.39 is 0 Å². The molecule has 0 aliphatic heterocycles. The maximum Gasteiger partial charge on any atom is 0.0742 e. The van der Waals surface area contributed by atoms with Gasteiger partial charge in [-0.05, 0) is 31.2 Å². The van der Waals surface area contributed by atoms with Crippen LogP contribution in [0.2, 0.25) is 0 Å². The summed E-state index contributed by atoms with van der Waals surface area (Å²) < 4.78 is 0. The highest BCUT2D eigenvalue weighted by atomic mass is 32.1. The van der Waals surface area contributed by atoms with Gasteiger partial charge in [0.1, 0.15) is 0 Å². The number of hydrogen-bond acceptors (Lipinski definition) is 2. The molecule has 2 rings (SSSR count). The van der Waals surface area contributed by atoms with Gasteiger partial charge in [-0.2, -0.15) is 12.6 Å². The quantitative estimate of drug-likeness (QED) is 0.612. The van der Waals surface area contributed by atoms with Gasteiger partial charge in [-0.3, -0.25) is 0 Å². The van der Waals surface area contributed by atoms with Gasteiger partial charge in [-0.1, -0.05) is 36.4 Å². The summed E-state index contributed by atoms with van der Waals surface area (Å²) in [4.78, 5) is 2.20. The van der Waals surface area contributed by atoms with Crippen molar-refractivity contribution in [2.24, 2.45) is 0 Å². The molecule has 0 radical (unpaired) electrons. The topological polar surface area (TPSA) is 3.24 Å². The molecule has 0 saturated carbocycles. The lowest BCUT2D eigenvalue weighted by molar-refractivity contribution is 0.966. The van der Waals surface area contributed by atoms with Crippen LogP contribution in [0, 0.1) is 0 Å². The number of thiol groups is 1. The van der Waals surface area contributed by atoms with E-state index in [-0.39, 0.29) is 5.37 Å². The minimum Gasteiger partial charge on any atom is -0.330 e. The molecule has 1 unspecified atom stereocenters. The van der Waals surface area contributed by atoms with E-state index in [1.165, 1.54) is 0 Å². The maximum atomic E-state index is 4.54. The van der Waals surface area contributed by atoms with E-state index in [9.17, 15) is 0 Å². The Hall–Kier alpha value is -1.41. The van der Waals surface area contributed by atoms with E-state index in [4.69, 9.17) is 0 Å². The number of benzene rings is 2. The molecule has 0 N–H and O–H groups in total. The molecule has 2 aromatic carbocycles. The second-order valence-electron chi connectivity index (χ2n) is 3.67. The Morgan fingerprint density at radius 2 is 1.19 bits per heavy atom. The molecule has 0 aromatic heterocycles. The van der Waals surface area contributed by atoms with E-state index in [0.29, 0.717) is 0 Å². The van der Waals surface area contributed by atoms with Gasteiger partial charge in [0.2, 0.25) is 0 Å². The lowest BCUT2D eigenvalue weighted by Gasteiger charge is -2.28. The molecule has 0 aliphatic rings. The van der Waals surface area contributed by atoms with Crippen LogP contribution in [0.3, 0.4) is 0 Å². The van der Waals surface area contributed by atoms with Crippen molar-refractivity contribution in [2.75, 3.05) is 4.90 Å². The van der Waals surface area contributed by atoms with Gasteiger partial charge in [0, 0.05) is 11.4 Å². The molecule has 0 saturated heterocycles. The third-order valence-corrected chi connectivity index (χ3v) is 2.67. The Kier molecular flexibility index (Phi) is 3.52. The largest absolute Gasteiger partial charge is 0.330 e. The van der Waals surface area contributed by atoms with Crippen LogP contribution < -0.4 is 4.90 Å². The highest BCUT2D eigenvalue weighted by Gasteiger charge is 2.12. The van der Waals surface area contributed by atoms with Crippen molar-refractivity contribution in [1.82, 2.24) is 0 Å². The highest BCUT2D eigenvalue weighted by Crippen LogP contribution is 2.28. The predicted octanol–water partition coefficient (Wildman–Crippen LogP) is 4.10. The fraction of sp³-hybridized carbons (Fsp3) is 0.143. The summed E-state index contributed by atoms with van der Waals surface area (Å²) in [6, 6.07) is 20.6. The molecule has 0 aliphatic carbocycles. The minimum atomic E-state index is 0.143. The van der Waals surface area contributed by atoms with Gasteiger partial charge in [0.05, 0.1) is 5.37 Å². The van der Waals surface area contributed by atoms with Gasteiger partial charge in [-0.25, -0.2) is 0 Å². The van der Waals surface area contributed by atoms with Crippen molar-refractivity contribution in [3.8, 4) is 0 Å². The summed E-state index contributed by atoms with van der Waals surface area (Å²) in [7, 11) is 0. The first-order valence-corrected chi connectivity index (χ1v) is 5.88. The van der Waals surface area contributed by atoms with Crippen LogP contribution in [0.1, 0.15) is 6.92 Å². The van der Waals surface area contributed by atoms with Crippen molar-refractivity contribution in [2.45, 2.75) is 12.3 Å². The lowest BCUT2D eigenvalue weighted by atomic mass is 10.2. The highest BCUT2D eigenvalue weighted by molar-refractivity contribution is 7.81. The van der Waals surface area contributed by atoms with Crippen molar-refractivity contribution >= 4 is 24.0 Å². The molecule has 1 nitrogen and oxygen atoms in total. The molecule has 0 bridgehead atoms. The minimum absolute atomic E-state index is 0.143. The molecule has 82 valence electrons. The number of hydrogen-bond donors (Lipinski definition) is 1. The van der Waals surface area contributed by atoms with Gasteiger partial charge in [-0.15, -0.1) is 0 Å². The molecular formula is C14H15NS. The molecule has 16 heavy (non-hydrogen) atoms. The number of nitrogens with zero attached hydrogens (tertiary/aromatic N) is 1. The molecule has 1 atom stereocenters. The molecule has 0 amide bonds. The summed E-state index contributed by atoms with van der Waals surface area (Å²) in [5.74, 6) is 0. The van der Waals surface area contributed by atoms with Gasteiger partial charge in [0.25, 0.3) is 0 Å². The van der Waals surface area contributed by atoms with E-state index in [1.54, 1.807) is 0 Å². The molecule has 2 aromatic rings. The second kappa shape index (κ2) is 5.08. The number of rotatable bonds is 3. The Balaban J connectivity index is 2.40. The van der Waals surface area contributed by atoms with Gasteiger partial charge in [0.15, 0.2) is 0 Å². The Labute approximate surface area is 102 Å². The van der Waals surface area contributed by atoms with Crippen LogP contribution >= 0.6 is 12.6 Å². The van der Waals surface area contributed by atoms with Crippen LogP contribution in [0.15, 0.2) is 60.7 Å². The Bertz CT molecular complexity index is 386. The summed E-state index contributed by atoms with van der Waals surface area (Å²) in [6.45, 7) is 2.07. The summed E-state index contributed by atoms with van der Waals surface area (Å²) >= 11 is 4.54. The van der Waals surface area contributed by atoms with Crippen LogP contribution in [0.5, 0.6) is 0 Å². The summed E-state index contributed by atoms with van der Waals surface area (Å²) in [5, 5.41) is 0.143. The number of anilines is 2. The predicted molar refractivity (Wildman–Crippen MR) is 73.5 cm³/mol. The third-order valence-electron chi connectivity index (χ3n) is 2.44. The van der Waals surface area contributed by atoms with Crippen LogP contribution in [0.25, 0.3) is 0 Å². The van der Waals surface area contributed by atoms with E-state index in [0.717, 1.165) is 11.4 Å². The third kappa shape index (κ3) is 2.39. The van der Waals surface area contributed by atoms with Crippen LogP contribution in [-0.4, -0.2) is 5.37 Å². The van der Waals surface area contributed by atoms with Crippen molar-refractivity contribution in [3.05, 3.63) is 60.7 Å². The zero-order valence-corrected chi connectivity index (χ0v) is 10.1. The zero-order valence-electron chi connectivity index (χ0n) is 9.25. The molecule has 0 fully saturated rings. The fourth-order valence-corrected chi connectivity index (χ4v) is 2.02. The maximum absolute atomic E-state index is 4.54. The first-order chi connectivity index (χ1) is 7.79. The smallest absolute Gasteiger partial charge is 0.0742 e. The van der Waals surface area contributed by atoms with E-state index in [2.05, 4.69) is 48.7 Å². The van der Waals surface area contributed by atoms with Crippen LogP contribution in [-0.2, 0) is 0 Å². The van der Waals surface area contributed by atoms with E-state index >= 15 is 0 Å². The monoisotopic (exact) mass is 229 g/mol. The van der Waals surface area contributed by atoms with Crippen LogP contribution in [0.4, 0.5) is 11.4 Å². The van der Waals surface area contributed by atoms with Crippen molar-refractivity contribution in [3.63, 3.8) is 0 Å². The second-order valence-corrected chi connectivity index (χ2v) is 4.42. The Morgan fingerprint density at radius 3 is 1.50 bits per heavy atom. The van der Waals surface area contributed by atoms with Gasteiger partial charge >= 0.3 is 0 Å². The molecule has 0 spiro atoms. The lowest BCUT2D eigenvalue weighted by Crippen LogP contribution is -2.23. The van der Waals surface area contributed by atoms with Crippen molar-refractivity contribution in [1.29, 1.82) is 0 Å². The SMILES string of the molecule is CC(S)N(c1ccccc1)c1ccccc1. The normalized spacial score (nSPS) is 12.1. The average Bonchev–Trinajstić information content (AvgIpc) is 2.31. The fourth-order valence-electron chi connectivity index (χ4n) is 1.76. The first-order valence-electron chi connectivity index (χ1n) is 5.36. The molecule has 2 heteroatoms.